The molecule has 0 aromatic heterocycles. The van der Waals surface area contributed by atoms with Gasteiger partial charge in [-0.15, -0.1) is 0 Å². The maximum absolute atomic E-state index is 5.44. The zero-order valence-corrected chi connectivity index (χ0v) is 12.9. The van der Waals surface area contributed by atoms with Crippen LogP contribution in [-0.2, 0) is 12.8 Å². The highest BCUT2D eigenvalue weighted by Crippen LogP contribution is 2.33. The fourth-order valence-electron chi connectivity index (χ4n) is 2.89. The molecule has 0 radical (unpaired) electrons. The van der Waals surface area contributed by atoms with E-state index < -0.39 is 0 Å². The summed E-state index contributed by atoms with van der Waals surface area (Å²) < 4.78 is 10.8. The van der Waals surface area contributed by atoms with E-state index in [1.54, 1.807) is 0 Å². The average Bonchev–Trinajstić information content (AvgIpc) is 3.05. The molecule has 0 unspecified atom stereocenters. The Morgan fingerprint density at radius 2 is 1.13 bits per heavy atom. The van der Waals surface area contributed by atoms with E-state index >= 15 is 0 Å². The van der Waals surface area contributed by atoms with Gasteiger partial charge in [0.2, 0.25) is 6.79 Å². The van der Waals surface area contributed by atoms with Crippen molar-refractivity contribution in [1.29, 1.82) is 0 Å². The molecule has 4 rings (SSSR count). The Morgan fingerprint density at radius 1 is 0.565 bits per heavy atom. The van der Waals surface area contributed by atoms with Gasteiger partial charge in [-0.3, -0.25) is 0 Å². The van der Waals surface area contributed by atoms with Crippen LogP contribution in [0.25, 0.3) is 0 Å². The van der Waals surface area contributed by atoms with E-state index in [9.17, 15) is 0 Å². The second-order valence-corrected chi connectivity index (χ2v) is 5.84. The number of rotatable bonds is 4. The fraction of sp³-hybridized carbons (Fsp3) is 0.143. The maximum atomic E-state index is 5.44. The third kappa shape index (κ3) is 3.21. The van der Waals surface area contributed by atoms with Gasteiger partial charge in [0.05, 0.1) is 0 Å². The van der Waals surface area contributed by atoms with Crippen LogP contribution in [0.2, 0.25) is 0 Å². The van der Waals surface area contributed by atoms with Crippen LogP contribution in [0.3, 0.4) is 0 Å². The van der Waals surface area contributed by atoms with Gasteiger partial charge >= 0.3 is 0 Å². The molecule has 0 saturated heterocycles. The second kappa shape index (κ2) is 6.17. The van der Waals surface area contributed by atoms with Gasteiger partial charge in [-0.05, 0) is 47.2 Å². The summed E-state index contributed by atoms with van der Waals surface area (Å²) in [6.07, 6.45) is 1.88. The number of benzene rings is 3. The molecule has 1 aliphatic heterocycles. The van der Waals surface area contributed by atoms with E-state index in [1.165, 1.54) is 22.3 Å². The highest BCUT2D eigenvalue weighted by atomic mass is 16.7. The zero-order chi connectivity index (χ0) is 15.5. The minimum absolute atomic E-state index is 0.326. The molecule has 0 atom stereocenters. The quantitative estimate of drug-likeness (QED) is 0.701. The summed E-state index contributed by atoms with van der Waals surface area (Å²) in [6.45, 7) is 0.326. The van der Waals surface area contributed by atoms with Gasteiger partial charge < -0.3 is 9.47 Å². The minimum atomic E-state index is 0.326. The Hall–Kier alpha value is -2.74. The average molecular weight is 302 g/mol. The SMILES string of the molecule is c1ccc(Cc2ccc(Cc3ccc4c(c3)OCO4)cc2)cc1. The molecule has 2 nitrogen and oxygen atoms in total. The van der Waals surface area contributed by atoms with Crippen molar-refractivity contribution in [2.45, 2.75) is 12.8 Å². The molecule has 23 heavy (non-hydrogen) atoms. The summed E-state index contributed by atoms with van der Waals surface area (Å²) in [6, 6.07) is 25.6. The molecular formula is C21H18O2. The van der Waals surface area contributed by atoms with Crippen molar-refractivity contribution in [2.24, 2.45) is 0 Å². The predicted octanol–water partition coefficient (Wildman–Crippen LogP) is 4.60. The van der Waals surface area contributed by atoms with Gasteiger partial charge in [-0.2, -0.15) is 0 Å². The lowest BCUT2D eigenvalue weighted by Crippen LogP contribution is -1.93. The lowest BCUT2D eigenvalue weighted by molar-refractivity contribution is 0.174. The van der Waals surface area contributed by atoms with Crippen molar-refractivity contribution in [1.82, 2.24) is 0 Å². The van der Waals surface area contributed by atoms with Gasteiger partial charge in [-0.1, -0.05) is 60.7 Å². The normalized spacial score (nSPS) is 12.3. The van der Waals surface area contributed by atoms with E-state index in [-0.39, 0.29) is 0 Å². The Kier molecular flexibility index (Phi) is 3.73. The molecule has 0 aliphatic carbocycles. The zero-order valence-electron chi connectivity index (χ0n) is 12.9. The first-order valence-corrected chi connectivity index (χ1v) is 7.87. The molecular weight excluding hydrogens is 284 g/mol. The molecule has 0 fully saturated rings. The van der Waals surface area contributed by atoms with Crippen molar-refractivity contribution < 1.29 is 9.47 Å². The lowest BCUT2D eigenvalue weighted by atomic mass is 10.0. The molecule has 114 valence electrons. The molecule has 0 N–H and O–H groups in total. The molecule has 1 heterocycles. The minimum Gasteiger partial charge on any atom is -0.454 e. The maximum Gasteiger partial charge on any atom is 0.231 e. The van der Waals surface area contributed by atoms with Gasteiger partial charge in [0.1, 0.15) is 0 Å². The van der Waals surface area contributed by atoms with Crippen LogP contribution in [0, 0.1) is 0 Å². The highest BCUT2D eigenvalue weighted by Gasteiger charge is 2.13. The van der Waals surface area contributed by atoms with Crippen molar-refractivity contribution in [3.05, 3.63) is 95.1 Å². The summed E-state index contributed by atoms with van der Waals surface area (Å²) in [4.78, 5) is 0. The lowest BCUT2D eigenvalue weighted by Gasteiger charge is -2.06. The number of ether oxygens (including phenoxy) is 2. The Morgan fingerprint density at radius 3 is 1.87 bits per heavy atom. The smallest absolute Gasteiger partial charge is 0.231 e. The van der Waals surface area contributed by atoms with Crippen LogP contribution in [0.4, 0.5) is 0 Å². The van der Waals surface area contributed by atoms with Gasteiger partial charge in [0.25, 0.3) is 0 Å². The van der Waals surface area contributed by atoms with Gasteiger partial charge in [0.15, 0.2) is 11.5 Å². The van der Waals surface area contributed by atoms with Crippen molar-refractivity contribution in [2.75, 3.05) is 6.79 Å². The van der Waals surface area contributed by atoms with E-state index in [1.807, 2.05) is 6.07 Å². The van der Waals surface area contributed by atoms with Crippen molar-refractivity contribution in [3.8, 4) is 11.5 Å². The molecule has 3 aromatic rings. The number of hydrogen-bond donors (Lipinski definition) is 0. The monoisotopic (exact) mass is 302 g/mol. The molecule has 2 heteroatoms. The molecule has 3 aromatic carbocycles. The number of hydrogen-bond acceptors (Lipinski definition) is 2. The van der Waals surface area contributed by atoms with E-state index in [4.69, 9.17) is 9.47 Å². The van der Waals surface area contributed by atoms with Crippen molar-refractivity contribution in [3.63, 3.8) is 0 Å². The van der Waals surface area contributed by atoms with Crippen molar-refractivity contribution >= 4 is 0 Å². The Bertz CT molecular complexity index is 792. The third-order valence-corrected chi connectivity index (χ3v) is 4.12. The summed E-state index contributed by atoms with van der Waals surface area (Å²) in [7, 11) is 0. The predicted molar refractivity (Wildman–Crippen MR) is 91.1 cm³/mol. The third-order valence-electron chi connectivity index (χ3n) is 4.12. The van der Waals surface area contributed by atoms with Crippen LogP contribution in [0.5, 0.6) is 11.5 Å². The summed E-state index contributed by atoms with van der Waals surface area (Å²) in [5.41, 5.74) is 5.23. The molecule has 0 amide bonds. The van der Waals surface area contributed by atoms with E-state index in [2.05, 4.69) is 66.7 Å². The highest BCUT2D eigenvalue weighted by molar-refractivity contribution is 5.45. The molecule has 0 bridgehead atoms. The topological polar surface area (TPSA) is 18.5 Å². The van der Waals surface area contributed by atoms with Crippen LogP contribution >= 0.6 is 0 Å². The first kappa shape index (κ1) is 13.9. The molecule has 0 spiro atoms. The van der Waals surface area contributed by atoms with E-state index in [0.717, 1.165) is 24.3 Å². The second-order valence-electron chi connectivity index (χ2n) is 5.84. The first-order chi connectivity index (χ1) is 11.4. The summed E-state index contributed by atoms with van der Waals surface area (Å²) >= 11 is 0. The van der Waals surface area contributed by atoms with Crippen LogP contribution < -0.4 is 9.47 Å². The Balaban J connectivity index is 1.46. The van der Waals surface area contributed by atoms with E-state index in [0.29, 0.717) is 6.79 Å². The fourth-order valence-corrected chi connectivity index (χ4v) is 2.89. The molecule has 0 saturated carbocycles. The summed E-state index contributed by atoms with van der Waals surface area (Å²) in [5, 5.41) is 0. The van der Waals surface area contributed by atoms with Gasteiger partial charge in [-0.25, -0.2) is 0 Å². The van der Waals surface area contributed by atoms with Crippen LogP contribution in [0.15, 0.2) is 72.8 Å². The van der Waals surface area contributed by atoms with Crippen LogP contribution in [0.1, 0.15) is 22.3 Å². The molecule has 1 aliphatic rings. The number of fused-ring (bicyclic) bond motifs is 1. The van der Waals surface area contributed by atoms with Gasteiger partial charge in [0, 0.05) is 0 Å². The first-order valence-electron chi connectivity index (χ1n) is 7.87. The standard InChI is InChI=1S/C21H18O2/c1-2-4-16(5-3-1)12-17-6-8-18(9-7-17)13-19-10-11-20-21(14-19)23-15-22-20/h1-11,14H,12-13,15H2. The van der Waals surface area contributed by atoms with Crippen LogP contribution in [-0.4, -0.2) is 6.79 Å². The largest absolute Gasteiger partial charge is 0.454 e. The Labute approximate surface area is 136 Å². The summed E-state index contributed by atoms with van der Waals surface area (Å²) in [5.74, 6) is 1.69.